The van der Waals surface area contributed by atoms with Gasteiger partial charge in [0.05, 0.1) is 5.69 Å². The molecule has 0 unspecified atom stereocenters. The fourth-order valence-corrected chi connectivity index (χ4v) is 3.74. The third-order valence-electron chi connectivity index (χ3n) is 4.07. The SMILES string of the molecule is CC1(C(=O)Nc2nc3c(s2)CCC3)CCNCC1. The number of piperidine rings is 1. The van der Waals surface area contributed by atoms with Gasteiger partial charge in [0, 0.05) is 10.3 Å². The highest BCUT2D eigenvalue weighted by molar-refractivity contribution is 7.15. The van der Waals surface area contributed by atoms with E-state index in [2.05, 4.69) is 22.5 Å². The van der Waals surface area contributed by atoms with Gasteiger partial charge < -0.3 is 10.6 Å². The van der Waals surface area contributed by atoms with Crippen molar-refractivity contribution in [1.29, 1.82) is 0 Å². The molecule has 1 aliphatic heterocycles. The van der Waals surface area contributed by atoms with E-state index in [0.717, 1.165) is 43.9 Å². The molecule has 98 valence electrons. The van der Waals surface area contributed by atoms with E-state index < -0.39 is 0 Å². The first kappa shape index (κ1) is 12.1. The Morgan fingerprint density at radius 2 is 2.17 bits per heavy atom. The zero-order valence-electron chi connectivity index (χ0n) is 10.7. The number of nitrogens with one attached hydrogen (secondary N) is 2. The lowest BCUT2D eigenvalue weighted by molar-refractivity contribution is -0.126. The molecule has 2 aliphatic rings. The molecular formula is C13H19N3OS. The van der Waals surface area contributed by atoms with Crippen molar-refractivity contribution in [2.45, 2.75) is 39.0 Å². The number of hydrogen-bond acceptors (Lipinski definition) is 4. The maximum atomic E-state index is 12.3. The van der Waals surface area contributed by atoms with E-state index in [1.54, 1.807) is 11.3 Å². The number of thiazole rings is 1. The average molecular weight is 265 g/mol. The molecule has 1 aromatic heterocycles. The molecule has 3 rings (SSSR count). The van der Waals surface area contributed by atoms with Gasteiger partial charge in [-0.2, -0.15) is 0 Å². The lowest BCUT2D eigenvalue weighted by atomic mass is 9.80. The van der Waals surface area contributed by atoms with Gasteiger partial charge in [0.1, 0.15) is 0 Å². The second kappa shape index (κ2) is 4.63. The Morgan fingerprint density at radius 1 is 1.39 bits per heavy atom. The van der Waals surface area contributed by atoms with Crippen LogP contribution in [0.3, 0.4) is 0 Å². The molecule has 0 aromatic carbocycles. The number of hydrogen-bond donors (Lipinski definition) is 2. The van der Waals surface area contributed by atoms with Gasteiger partial charge in [0.15, 0.2) is 5.13 Å². The number of nitrogens with zero attached hydrogens (tertiary/aromatic N) is 1. The smallest absolute Gasteiger partial charge is 0.232 e. The zero-order chi connectivity index (χ0) is 12.6. The van der Waals surface area contributed by atoms with Gasteiger partial charge >= 0.3 is 0 Å². The van der Waals surface area contributed by atoms with Crippen molar-refractivity contribution in [3.63, 3.8) is 0 Å². The van der Waals surface area contributed by atoms with E-state index in [-0.39, 0.29) is 11.3 Å². The van der Waals surface area contributed by atoms with Crippen molar-refractivity contribution in [2.24, 2.45) is 5.41 Å². The van der Waals surface area contributed by atoms with Crippen molar-refractivity contribution in [3.05, 3.63) is 10.6 Å². The first-order chi connectivity index (χ1) is 8.67. The Hall–Kier alpha value is -0.940. The third kappa shape index (κ3) is 2.17. The van der Waals surface area contributed by atoms with Crippen molar-refractivity contribution >= 4 is 22.4 Å². The maximum absolute atomic E-state index is 12.3. The van der Waals surface area contributed by atoms with Gasteiger partial charge in [-0.3, -0.25) is 4.79 Å². The number of carbonyl (C=O) groups excluding carboxylic acids is 1. The number of rotatable bonds is 2. The molecular weight excluding hydrogens is 246 g/mol. The van der Waals surface area contributed by atoms with Crippen LogP contribution in [0.2, 0.25) is 0 Å². The quantitative estimate of drug-likeness (QED) is 0.859. The number of carbonyl (C=O) groups is 1. The Kier molecular flexibility index (Phi) is 3.11. The summed E-state index contributed by atoms with van der Waals surface area (Å²) in [5.74, 6) is 0.136. The lowest BCUT2D eigenvalue weighted by Crippen LogP contribution is -2.42. The summed E-state index contributed by atoms with van der Waals surface area (Å²) in [7, 11) is 0. The fraction of sp³-hybridized carbons (Fsp3) is 0.692. The fourth-order valence-electron chi connectivity index (χ4n) is 2.70. The molecule has 0 bridgehead atoms. The molecule has 1 aliphatic carbocycles. The normalized spacial score (nSPS) is 21.6. The molecule has 1 amide bonds. The standard InChI is InChI=1S/C13H19N3OS/c1-13(5-7-14-8-6-13)11(17)16-12-15-9-3-2-4-10(9)18-12/h14H,2-8H2,1H3,(H,15,16,17). The minimum Gasteiger partial charge on any atom is -0.317 e. The summed E-state index contributed by atoms with van der Waals surface area (Å²) in [6.45, 7) is 3.92. The van der Waals surface area contributed by atoms with Crippen LogP contribution in [-0.4, -0.2) is 24.0 Å². The van der Waals surface area contributed by atoms with Gasteiger partial charge in [-0.25, -0.2) is 4.98 Å². The summed E-state index contributed by atoms with van der Waals surface area (Å²) < 4.78 is 0. The number of fused-ring (bicyclic) bond motifs is 1. The third-order valence-corrected chi connectivity index (χ3v) is 5.14. The molecule has 1 saturated heterocycles. The van der Waals surface area contributed by atoms with E-state index in [1.807, 2.05) is 0 Å². The van der Waals surface area contributed by atoms with Gasteiger partial charge in [0.2, 0.25) is 5.91 Å². The summed E-state index contributed by atoms with van der Waals surface area (Å²) >= 11 is 1.65. The van der Waals surface area contributed by atoms with E-state index in [4.69, 9.17) is 0 Å². The highest BCUT2D eigenvalue weighted by atomic mass is 32.1. The molecule has 1 fully saturated rings. The molecule has 18 heavy (non-hydrogen) atoms. The molecule has 0 spiro atoms. The van der Waals surface area contributed by atoms with Crippen LogP contribution in [0.25, 0.3) is 0 Å². The van der Waals surface area contributed by atoms with Crippen LogP contribution in [0.15, 0.2) is 0 Å². The highest BCUT2D eigenvalue weighted by Gasteiger charge is 2.35. The monoisotopic (exact) mass is 265 g/mol. The van der Waals surface area contributed by atoms with Gasteiger partial charge in [-0.05, 0) is 45.2 Å². The summed E-state index contributed by atoms with van der Waals surface area (Å²) in [5, 5.41) is 7.12. The number of aryl methyl sites for hydroxylation is 2. The molecule has 0 radical (unpaired) electrons. The Bertz CT molecular complexity index is 441. The zero-order valence-corrected chi connectivity index (χ0v) is 11.5. The minimum atomic E-state index is -0.235. The van der Waals surface area contributed by atoms with Gasteiger partial charge in [-0.15, -0.1) is 11.3 Å². The van der Waals surface area contributed by atoms with E-state index in [9.17, 15) is 4.79 Å². The molecule has 1 aromatic rings. The lowest BCUT2D eigenvalue weighted by Gasteiger charge is -2.32. The second-order valence-electron chi connectivity index (χ2n) is 5.51. The Morgan fingerprint density at radius 3 is 2.89 bits per heavy atom. The number of aromatic nitrogens is 1. The van der Waals surface area contributed by atoms with E-state index in [0.29, 0.717) is 0 Å². The summed E-state index contributed by atoms with van der Waals surface area (Å²) in [6, 6.07) is 0. The molecule has 2 N–H and O–H groups in total. The molecule has 0 atom stereocenters. The topological polar surface area (TPSA) is 54.0 Å². The van der Waals surface area contributed by atoms with Crippen LogP contribution in [-0.2, 0) is 17.6 Å². The number of amides is 1. The highest BCUT2D eigenvalue weighted by Crippen LogP contribution is 2.33. The van der Waals surface area contributed by atoms with E-state index in [1.165, 1.54) is 17.0 Å². The predicted molar refractivity (Wildman–Crippen MR) is 73.0 cm³/mol. The maximum Gasteiger partial charge on any atom is 0.232 e. The van der Waals surface area contributed by atoms with Crippen LogP contribution >= 0.6 is 11.3 Å². The minimum absolute atomic E-state index is 0.136. The van der Waals surface area contributed by atoms with Crippen molar-refractivity contribution < 1.29 is 4.79 Å². The van der Waals surface area contributed by atoms with Crippen LogP contribution < -0.4 is 10.6 Å². The molecule has 4 nitrogen and oxygen atoms in total. The Balaban J connectivity index is 1.69. The summed E-state index contributed by atoms with van der Waals surface area (Å²) in [6.07, 6.45) is 5.23. The molecule has 5 heteroatoms. The van der Waals surface area contributed by atoms with Crippen molar-refractivity contribution in [1.82, 2.24) is 10.3 Å². The van der Waals surface area contributed by atoms with E-state index >= 15 is 0 Å². The van der Waals surface area contributed by atoms with Crippen LogP contribution in [0, 0.1) is 5.41 Å². The average Bonchev–Trinajstić information content (AvgIpc) is 2.90. The van der Waals surface area contributed by atoms with Crippen LogP contribution in [0.5, 0.6) is 0 Å². The first-order valence-corrected chi connectivity index (χ1v) is 7.50. The van der Waals surface area contributed by atoms with Gasteiger partial charge in [0.25, 0.3) is 0 Å². The van der Waals surface area contributed by atoms with Crippen LogP contribution in [0.4, 0.5) is 5.13 Å². The summed E-state index contributed by atoms with van der Waals surface area (Å²) in [5.41, 5.74) is 0.965. The molecule has 0 saturated carbocycles. The van der Waals surface area contributed by atoms with Crippen molar-refractivity contribution in [3.8, 4) is 0 Å². The number of anilines is 1. The van der Waals surface area contributed by atoms with Gasteiger partial charge in [-0.1, -0.05) is 6.92 Å². The largest absolute Gasteiger partial charge is 0.317 e. The van der Waals surface area contributed by atoms with Crippen LogP contribution in [0.1, 0.15) is 36.8 Å². The molecule has 2 heterocycles. The predicted octanol–water partition coefficient (Wildman–Crippen LogP) is 1.96. The Labute approximate surface area is 111 Å². The van der Waals surface area contributed by atoms with Crippen molar-refractivity contribution in [2.75, 3.05) is 18.4 Å². The second-order valence-corrected chi connectivity index (χ2v) is 6.59. The summed E-state index contributed by atoms with van der Waals surface area (Å²) in [4.78, 5) is 18.2. The first-order valence-electron chi connectivity index (χ1n) is 6.68.